The van der Waals surface area contributed by atoms with E-state index >= 15 is 0 Å². The largest absolute Gasteiger partial charge is 0.480 e. The van der Waals surface area contributed by atoms with E-state index < -0.39 is 16.9 Å². The lowest BCUT2D eigenvalue weighted by atomic mass is 9.86. The Hall–Kier alpha value is -3.67. The van der Waals surface area contributed by atoms with Crippen molar-refractivity contribution in [2.45, 2.75) is 45.6 Å². The molecule has 0 bridgehead atoms. The molecule has 164 valence electrons. The Kier molecular flexibility index (Phi) is 5.25. The first-order valence-electron chi connectivity index (χ1n) is 10.6. The number of hydrogen-bond acceptors (Lipinski definition) is 4. The molecule has 1 N–H and O–H groups in total. The van der Waals surface area contributed by atoms with E-state index in [0.717, 1.165) is 22.4 Å². The standard InChI is InChI=1S/C26H26N2O4/c1-16-5-11-21(15-23(16)28(31)32)27-22-12-8-18(13-19(22)14-24(27)25(29)30)17-6-9-20(10-7-17)26(2,3)4/h5-13,15,24H,14H2,1-4H3,(H,29,30). The lowest BCUT2D eigenvalue weighted by Crippen LogP contribution is -2.35. The average Bonchev–Trinajstić information content (AvgIpc) is 3.12. The zero-order valence-electron chi connectivity index (χ0n) is 18.6. The predicted molar refractivity (Wildman–Crippen MR) is 126 cm³/mol. The maximum atomic E-state index is 12.1. The van der Waals surface area contributed by atoms with Gasteiger partial charge >= 0.3 is 5.97 Å². The summed E-state index contributed by atoms with van der Waals surface area (Å²) < 4.78 is 0. The van der Waals surface area contributed by atoms with E-state index in [0.29, 0.717) is 17.7 Å². The fourth-order valence-corrected chi connectivity index (χ4v) is 4.25. The summed E-state index contributed by atoms with van der Waals surface area (Å²) in [5.41, 5.74) is 6.12. The number of rotatable bonds is 4. The van der Waals surface area contributed by atoms with Crippen molar-refractivity contribution in [2.75, 3.05) is 4.90 Å². The van der Waals surface area contributed by atoms with Gasteiger partial charge in [0.15, 0.2) is 0 Å². The van der Waals surface area contributed by atoms with E-state index in [1.165, 1.54) is 11.6 Å². The summed E-state index contributed by atoms with van der Waals surface area (Å²) in [6, 6.07) is 18.4. The van der Waals surface area contributed by atoms with E-state index in [2.05, 4.69) is 45.0 Å². The maximum Gasteiger partial charge on any atom is 0.327 e. The first-order valence-corrected chi connectivity index (χ1v) is 10.6. The fraction of sp³-hybridized carbons (Fsp3) is 0.269. The number of nitro benzene ring substituents is 1. The zero-order valence-corrected chi connectivity index (χ0v) is 18.6. The summed E-state index contributed by atoms with van der Waals surface area (Å²) in [5.74, 6) is -0.958. The Morgan fingerprint density at radius 2 is 1.69 bits per heavy atom. The molecule has 6 nitrogen and oxygen atoms in total. The Labute approximate surface area is 187 Å². The van der Waals surface area contributed by atoms with Crippen LogP contribution in [0.25, 0.3) is 11.1 Å². The molecule has 0 radical (unpaired) electrons. The van der Waals surface area contributed by atoms with Crippen LogP contribution < -0.4 is 4.90 Å². The number of carbonyl (C=O) groups is 1. The molecule has 6 heteroatoms. The van der Waals surface area contributed by atoms with E-state index in [4.69, 9.17) is 0 Å². The molecular formula is C26H26N2O4. The highest BCUT2D eigenvalue weighted by molar-refractivity contribution is 5.88. The van der Waals surface area contributed by atoms with Gasteiger partial charge in [-0.25, -0.2) is 4.79 Å². The second-order valence-electron chi connectivity index (χ2n) is 9.33. The Balaban J connectivity index is 1.75. The van der Waals surface area contributed by atoms with Crippen molar-refractivity contribution in [1.29, 1.82) is 0 Å². The van der Waals surface area contributed by atoms with Crippen LogP contribution in [0.1, 0.15) is 37.5 Å². The van der Waals surface area contributed by atoms with Crippen molar-refractivity contribution >= 4 is 23.0 Å². The van der Waals surface area contributed by atoms with Crippen LogP contribution in [-0.2, 0) is 16.6 Å². The molecule has 0 saturated heterocycles. The van der Waals surface area contributed by atoms with Crippen LogP contribution in [0.15, 0.2) is 60.7 Å². The lowest BCUT2D eigenvalue weighted by molar-refractivity contribution is -0.385. The molecule has 3 aromatic carbocycles. The number of anilines is 2. The molecule has 1 heterocycles. The highest BCUT2D eigenvalue weighted by Gasteiger charge is 2.36. The molecule has 0 fully saturated rings. The van der Waals surface area contributed by atoms with Gasteiger partial charge in [0.1, 0.15) is 6.04 Å². The van der Waals surface area contributed by atoms with Gasteiger partial charge in [0, 0.05) is 29.4 Å². The number of aliphatic carboxylic acids is 1. The second-order valence-corrected chi connectivity index (χ2v) is 9.33. The molecule has 1 atom stereocenters. The third kappa shape index (κ3) is 3.84. The van der Waals surface area contributed by atoms with Gasteiger partial charge in [-0.15, -0.1) is 0 Å². The van der Waals surface area contributed by atoms with Crippen molar-refractivity contribution < 1.29 is 14.8 Å². The van der Waals surface area contributed by atoms with Crippen LogP contribution in [0.5, 0.6) is 0 Å². The molecule has 1 aliphatic rings. The minimum atomic E-state index is -0.958. The summed E-state index contributed by atoms with van der Waals surface area (Å²) in [4.78, 5) is 24.7. The van der Waals surface area contributed by atoms with E-state index in [-0.39, 0.29) is 11.1 Å². The quantitative estimate of drug-likeness (QED) is 0.404. The van der Waals surface area contributed by atoms with Crippen molar-refractivity contribution in [3.63, 3.8) is 0 Å². The van der Waals surface area contributed by atoms with Crippen LogP contribution in [-0.4, -0.2) is 22.0 Å². The van der Waals surface area contributed by atoms with E-state index in [1.54, 1.807) is 24.0 Å². The molecule has 1 unspecified atom stereocenters. The highest BCUT2D eigenvalue weighted by Crippen LogP contribution is 2.42. The normalized spacial score (nSPS) is 15.5. The van der Waals surface area contributed by atoms with Crippen molar-refractivity contribution in [3.05, 3.63) is 87.5 Å². The second kappa shape index (κ2) is 7.79. The highest BCUT2D eigenvalue weighted by atomic mass is 16.6. The fourth-order valence-electron chi connectivity index (χ4n) is 4.25. The smallest absolute Gasteiger partial charge is 0.327 e. The number of nitrogens with zero attached hydrogens (tertiary/aromatic N) is 2. The number of aryl methyl sites for hydroxylation is 1. The van der Waals surface area contributed by atoms with Gasteiger partial charge in [0.2, 0.25) is 0 Å². The summed E-state index contributed by atoms with van der Waals surface area (Å²) in [6.07, 6.45) is 0.334. The molecule has 3 aromatic rings. The van der Waals surface area contributed by atoms with Gasteiger partial charge in [-0.2, -0.15) is 0 Å². The number of hydrogen-bond donors (Lipinski definition) is 1. The van der Waals surface area contributed by atoms with Crippen molar-refractivity contribution in [2.24, 2.45) is 0 Å². The summed E-state index contributed by atoms with van der Waals surface area (Å²) in [5, 5.41) is 21.3. The summed E-state index contributed by atoms with van der Waals surface area (Å²) in [7, 11) is 0. The van der Waals surface area contributed by atoms with Gasteiger partial charge < -0.3 is 10.0 Å². The lowest BCUT2D eigenvalue weighted by Gasteiger charge is -2.25. The van der Waals surface area contributed by atoms with Gasteiger partial charge in [-0.3, -0.25) is 10.1 Å². The molecule has 0 aliphatic carbocycles. The van der Waals surface area contributed by atoms with Crippen LogP contribution in [0.4, 0.5) is 17.1 Å². The molecule has 4 rings (SSSR count). The molecule has 0 spiro atoms. The Morgan fingerprint density at radius 1 is 1.03 bits per heavy atom. The van der Waals surface area contributed by atoms with Crippen LogP contribution >= 0.6 is 0 Å². The van der Waals surface area contributed by atoms with Crippen molar-refractivity contribution in [1.82, 2.24) is 0 Å². The number of fused-ring (bicyclic) bond motifs is 1. The van der Waals surface area contributed by atoms with Gasteiger partial charge in [-0.1, -0.05) is 57.2 Å². The first kappa shape index (κ1) is 21.6. The molecule has 0 aromatic heterocycles. The molecule has 1 aliphatic heterocycles. The first-order chi connectivity index (χ1) is 15.1. The van der Waals surface area contributed by atoms with Gasteiger partial charge in [0.25, 0.3) is 5.69 Å². The van der Waals surface area contributed by atoms with E-state index in [1.807, 2.05) is 18.2 Å². The third-order valence-corrected chi connectivity index (χ3v) is 6.10. The average molecular weight is 431 g/mol. The number of carboxylic acid groups (broad SMARTS) is 1. The SMILES string of the molecule is Cc1ccc(N2c3ccc(-c4ccc(C(C)(C)C)cc4)cc3CC2C(=O)O)cc1[N+](=O)[O-]. The van der Waals surface area contributed by atoms with Gasteiger partial charge in [0.05, 0.1) is 4.92 Å². The van der Waals surface area contributed by atoms with Crippen LogP contribution in [0.3, 0.4) is 0 Å². The molecule has 0 amide bonds. The van der Waals surface area contributed by atoms with E-state index in [9.17, 15) is 20.0 Å². The predicted octanol–water partition coefficient (Wildman–Crippen LogP) is 6.02. The minimum Gasteiger partial charge on any atom is -0.480 e. The molecule has 0 saturated carbocycles. The minimum absolute atomic E-state index is 0.0179. The van der Waals surface area contributed by atoms with Crippen LogP contribution in [0, 0.1) is 17.0 Å². The Morgan fingerprint density at radius 3 is 2.28 bits per heavy atom. The number of nitro groups is 1. The third-order valence-electron chi connectivity index (χ3n) is 6.10. The van der Waals surface area contributed by atoms with Crippen LogP contribution in [0.2, 0.25) is 0 Å². The number of benzene rings is 3. The summed E-state index contributed by atoms with van der Waals surface area (Å²) >= 11 is 0. The van der Waals surface area contributed by atoms with Gasteiger partial charge in [-0.05, 0) is 52.8 Å². The van der Waals surface area contributed by atoms with Crippen molar-refractivity contribution in [3.8, 4) is 11.1 Å². The monoisotopic (exact) mass is 430 g/mol. The summed E-state index contributed by atoms with van der Waals surface area (Å²) in [6.45, 7) is 8.19. The maximum absolute atomic E-state index is 12.1. The Bertz CT molecular complexity index is 1210. The molecular weight excluding hydrogens is 404 g/mol. The topological polar surface area (TPSA) is 83.7 Å². The number of carboxylic acids is 1. The zero-order chi connectivity index (χ0) is 23.2. The molecule has 32 heavy (non-hydrogen) atoms.